The highest BCUT2D eigenvalue weighted by atomic mass is 79.9. The molecule has 0 aromatic rings. The average molecular weight is 306 g/mol. The van der Waals surface area contributed by atoms with Crippen LogP contribution in [0, 0.1) is 0 Å². The number of halogens is 1. The summed E-state index contributed by atoms with van der Waals surface area (Å²) >= 11 is 3.67. The van der Waals surface area contributed by atoms with Crippen molar-refractivity contribution in [1.29, 1.82) is 0 Å². The highest BCUT2D eigenvalue weighted by Crippen LogP contribution is 2.23. The number of carbonyl (C=O) groups excluding carboxylic acids is 1. The zero-order chi connectivity index (χ0) is 12.9. The highest BCUT2D eigenvalue weighted by molar-refractivity contribution is 9.09. The second kappa shape index (κ2) is 6.74. The predicted octanol–water partition coefficient (Wildman–Crippen LogP) is 3.01. The third-order valence-electron chi connectivity index (χ3n) is 2.91. The molecule has 1 N–H and O–H groups in total. The van der Waals surface area contributed by atoms with Gasteiger partial charge in [0.05, 0.1) is 5.60 Å². The molecule has 1 aliphatic carbocycles. The van der Waals surface area contributed by atoms with Crippen molar-refractivity contribution in [2.45, 2.75) is 69.3 Å². The maximum absolute atomic E-state index is 11.8. The molecule has 0 heterocycles. The van der Waals surface area contributed by atoms with Crippen molar-refractivity contribution in [1.82, 2.24) is 5.32 Å². The third-order valence-corrected chi connectivity index (χ3v) is 4.01. The van der Waals surface area contributed by atoms with E-state index in [2.05, 4.69) is 21.2 Å². The molecule has 1 rings (SSSR count). The van der Waals surface area contributed by atoms with Crippen LogP contribution in [0.4, 0.5) is 0 Å². The number of amides is 1. The molecule has 1 aliphatic rings. The summed E-state index contributed by atoms with van der Waals surface area (Å²) in [7, 11) is 0. The first-order valence-electron chi connectivity index (χ1n) is 6.46. The number of rotatable bonds is 3. The Morgan fingerprint density at radius 3 is 2.59 bits per heavy atom. The predicted molar refractivity (Wildman–Crippen MR) is 73.4 cm³/mol. The molecule has 1 saturated carbocycles. The fourth-order valence-corrected chi connectivity index (χ4v) is 2.68. The van der Waals surface area contributed by atoms with Crippen LogP contribution in [0.1, 0.15) is 52.9 Å². The van der Waals surface area contributed by atoms with E-state index in [1.807, 2.05) is 20.8 Å². The van der Waals surface area contributed by atoms with Crippen molar-refractivity contribution in [2.75, 3.05) is 6.61 Å². The van der Waals surface area contributed by atoms with Crippen LogP contribution in [0.3, 0.4) is 0 Å². The smallest absolute Gasteiger partial charge is 0.246 e. The number of carbonyl (C=O) groups is 1. The normalized spacial score (nSPS) is 26.4. The van der Waals surface area contributed by atoms with Crippen LogP contribution in [0.25, 0.3) is 0 Å². The molecule has 1 amide bonds. The number of ether oxygens (including phenoxy) is 1. The molecule has 0 spiro atoms. The Morgan fingerprint density at radius 2 is 1.94 bits per heavy atom. The Bertz CT molecular complexity index is 250. The molecule has 0 bridgehead atoms. The molecule has 1 fully saturated rings. The van der Waals surface area contributed by atoms with E-state index in [-0.39, 0.29) is 24.2 Å². The van der Waals surface area contributed by atoms with Gasteiger partial charge in [-0.1, -0.05) is 35.2 Å². The standard InChI is InChI=1S/C13H24BrNO2/c1-13(2,3)17-9-12(16)15-11-8-6-4-5-7-10(11)14/h10-11H,4-9H2,1-3H3,(H,15,16). The van der Waals surface area contributed by atoms with E-state index in [0.29, 0.717) is 4.83 Å². The maximum atomic E-state index is 11.8. The lowest BCUT2D eigenvalue weighted by molar-refractivity contribution is -0.131. The van der Waals surface area contributed by atoms with Crippen LogP contribution in [-0.4, -0.2) is 29.0 Å². The monoisotopic (exact) mass is 305 g/mol. The molecule has 2 unspecified atom stereocenters. The number of nitrogens with one attached hydrogen (secondary N) is 1. The van der Waals surface area contributed by atoms with Gasteiger partial charge in [0.25, 0.3) is 0 Å². The van der Waals surface area contributed by atoms with Crippen LogP contribution in [0.15, 0.2) is 0 Å². The van der Waals surface area contributed by atoms with E-state index in [4.69, 9.17) is 4.74 Å². The summed E-state index contributed by atoms with van der Waals surface area (Å²) in [5.74, 6) is -0.00345. The molecule has 0 aliphatic heterocycles. The van der Waals surface area contributed by atoms with Crippen molar-refractivity contribution in [2.24, 2.45) is 0 Å². The molecule has 100 valence electrons. The van der Waals surface area contributed by atoms with Gasteiger partial charge in [-0.25, -0.2) is 0 Å². The van der Waals surface area contributed by atoms with E-state index >= 15 is 0 Å². The van der Waals surface area contributed by atoms with Crippen LogP contribution in [0.5, 0.6) is 0 Å². The van der Waals surface area contributed by atoms with E-state index < -0.39 is 0 Å². The van der Waals surface area contributed by atoms with E-state index in [9.17, 15) is 4.79 Å². The van der Waals surface area contributed by atoms with Crippen molar-refractivity contribution in [3.63, 3.8) is 0 Å². The van der Waals surface area contributed by atoms with Crippen LogP contribution in [-0.2, 0) is 9.53 Å². The zero-order valence-electron chi connectivity index (χ0n) is 11.1. The summed E-state index contributed by atoms with van der Waals surface area (Å²) in [5.41, 5.74) is -0.255. The number of alkyl halides is 1. The summed E-state index contributed by atoms with van der Waals surface area (Å²) < 4.78 is 5.47. The van der Waals surface area contributed by atoms with Gasteiger partial charge < -0.3 is 10.1 Å². The lowest BCUT2D eigenvalue weighted by Gasteiger charge is -2.23. The highest BCUT2D eigenvalue weighted by Gasteiger charge is 2.23. The minimum atomic E-state index is -0.255. The fraction of sp³-hybridized carbons (Fsp3) is 0.923. The van der Waals surface area contributed by atoms with Crippen molar-refractivity contribution in [3.8, 4) is 0 Å². The fourth-order valence-electron chi connectivity index (χ4n) is 1.96. The van der Waals surface area contributed by atoms with E-state index in [0.717, 1.165) is 12.8 Å². The Labute approximate surface area is 113 Å². The van der Waals surface area contributed by atoms with Gasteiger partial charge >= 0.3 is 0 Å². The van der Waals surface area contributed by atoms with Gasteiger partial charge in [0, 0.05) is 10.9 Å². The molecule has 0 aromatic heterocycles. The molecule has 4 heteroatoms. The average Bonchev–Trinajstić information content (AvgIpc) is 2.41. The van der Waals surface area contributed by atoms with E-state index in [1.165, 1.54) is 19.3 Å². The zero-order valence-corrected chi connectivity index (χ0v) is 12.7. The van der Waals surface area contributed by atoms with Crippen molar-refractivity contribution >= 4 is 21.8 Å². The Balaban J connectivity index is 2.33. The molecule has 0 saturated heterocycles. The summed E-state index contributed by atoms with van der Waals surface area (Å²) in [6.07, 6.45) is 5.93. The number of hydrogen-bond donors (Lipinski definition) is 1. The Morgan fingerprint density at radius 1 is 1.29 bits per heavy atom. The quantitative estimate of drug-likeness (QED) is 0.643. The summed E-state index contributed by atoms with van der Waals surface area (Å²) in [6.45, 7) is 6.03. The topological polar surface area (TPSA) is 38.3 Å². The van der Waals surface area contributed by atoms with Gasteiger partial charge in [-0.3, -0.25) is 4.79 Å². The second-order valence-corrected chi connectivity index (χ2v) is 6.91. The lowest BCUT2D eigenvalue weighted by Crippen LogP contribution is -2.43. The second-order valence-electron chi connectivity index (χ2n) is 5.73. The van der Waals surface area contributed by atoms with Crippen molar-refractivity contribution < 1.29 is 9.53 Å². The molecule has 0 aromatic carbocycles. The maximum Gasteiger partial charge on any atom is 0.246 e. The van der Waals surface area contributed by atoms with Crippen LogP contribution >= 0.6 is 15.9 Å². The lowest BCUT2D eigenvalue weighted by atomic mass is 10.1. The Kier molecular flexibility index (Phi) is 5.93. The summed E-state index contributed by atoms with van der Waals surface area (Å²) in [6, 6.07) is 0.258. The Hall–Kier alpha value is -0.0900. The molecular weight excluding hydrogens is 282 g/mol. The van der Waals surface area contributed by atoms with Gasteiger partial charge in [-0.05, 0) is 33.6 Å². The summed E-state index contributed by atoms with van der Waals surface area (Å²) in [5, 5.41) is 3.07. The first-order chi connectivity index (χ1) is 7.88. The van der Waals surface area contributed by atoms with Gasteiger partial charge in [-0.15, -0.1) is 0 Å². The summed E-state index contributed by atoms with van der Waals surface area (Å²) in [4.78, 5) is 12.2. The molecule has 3 nitrogen and oxygen atoms in total. The molecular formula is C13H24BrNO2. The van der Waals surface area contributed by atoms with Crippen LogP contribution < -0.4 is 5.32 Å². The van der Waals surface area contributed by atoms with Gasteiger partial charge in [-0.2, -0.15) is 0 Å². The van der Waals surface area contributed by atoms with E-state index in [1.54, 1.807) is 0 Å². The third kappa shape index (κ3) is 6.41. The van der Waals surface area contributed by atoms with Crippen LogP contribution in [0.2, 0.25) is 0 Å². The van der Waals surface area contributed by atoms with Gasteiger partial charge in [0.2, 0.25) is 5.91 Å². The minimum Gasteiger partial charge on any atom is -0.366 e. The minimum absolute atomic E-state index is 0.00345. The van der Waals surface area contributed by atoms with Gasteiger partial charge in [0.15, 0.2) is 0 Å². The molecule has 17 heavy (non-hydrogen) atoms. The first kappa shape index (κ1) is 15.0. The number of hydrogen-bond acceptors (Lipinski definition) is 2. The molecule has 2 atom stereocenters. The molecule has 0 radical (unpaired) electrons. The van der Waals surface area contributed by atoms with Crippen molar-refractivity contribution in [3.05, 3.63) is 0 Å². The first-order valence-corrected chi connectivity index (χ1v) is 7.37. The largest absolute Gasteiger partial charge is 0.366 e. The SMILES string of the molecule is CC(C)(C)OCC(=O)NC1CCCCCC1Br. The van der Waals surface area contributed by atoms with Gasteiger partial charge in [0.1, 0.15) is 6.61 Å².